The van der Waals surface area contributed by atoms with Crippen molar-refractivity contribution in [3.63, 3.8) is 0 Å². The van der Waals surface area contributed by atoms with Crippen LogP contribution in [0.1, 0.15) is 67.9 Å². The van der Waals surface area contributed by atoms with E-state index < -0.39 is 5.41 Å². The smallest absolute Gasteiger partial charge is 0.254 e. The summed E-state index contributed by atoms with van der Waals surface area (Å²) in [5, 5.41) is 0. The number of benzene rings is 1. The van der Waals surface area contributed by atoms with Crippen molar-refractivity contribution < 1.29 is 9.59 Å². The highest BCUT2D eigenvalue weighted by Crippen LogP contribution is 2.38. The number of carbonyl (C=O) groups is 2. The number of hydrogen-bond acceptors (Lipinski definition) is 2. The van der Waals surface area contributed by atoms with Crippen LogP contribution >= 0.6 is 0 Å². The molecule has 142 valence electrons. The van der Waals surface area contributed by atoms with Gasteiger partial charge < -0.3 is 9.80 Å². The lowest BCUT2D eigenvalue weighted by Gasteiger charge is -2.38. The molecular weight excluding hydrogens is 324 g/mol. The van der Waals surface area contributed by atoms with Crippen LogP contribution in [0.4, 0.5) is 5.69 Å². The highest BCUT2D eigenvalue weighted by Gasteiger charge is 2.38. The quantitative estimate of drug-likeness (QED) is 0.797. The van der Waals surface area contributed by atoms with E-state index >= 15 is 0 Å². The molecular formula is C22H32N2O2. The van der Waals surface area contributed by atoms with Gasteiger partial charge in [0.25, 0.3) is 5.91 Å². The molecule has 3 rings (SSSR count). The Bertz CT molecular complexity index is 738. The minimum atomic E-state index is -0.395. The van der Waals surface area contributed by atoms with Gasteiger partial charge in [0.1, 0.15) is 0 Å². The number of amides is 2. The van der Waals surface area contributed by atoms with Crippen LogP contribution in [-0.2, 0) is 11.2 Å². The average Bonchev–Trinajstić information content (AvgIpc) is 2.58. The van der Waals surface area contributed by atoms with E-state index in [1.165, 1.54) is 19.3 Å². The molecule has 1 aliphatic carbocycles. The standard InChI is InChI=1S/C22H32N2O2/c1-14-9-7-8-10-18(14)23(5)20(25)17-12-19-16(11-15(17)2)13-22(3,4)21(26)24(19)6/h11-12,14,18H,7-10,13H2,1-6H3. The van der Waals surface area contributed by atoms with Crippen molar-refractivity contribution in [2.24, 2.45) is 11.3 Å². The number of fused-ring (bicyclic) bond motifs is 1. The molecule has 0 aromatic heterocycles. The molecule has 0 radical (unpaired) electrons. The molecule has 4 heteroatoms. The monoisotopic (exact) mass is 356 g/mol. The Kier molecular flexibility index (Phi) is 4.89. The van der Waals surface area contributed by atoms with E-state index in [0.29, 0.717) is 12.0 Å². The number of anilines is 1. The molecule has 2 unspecified atom stereocenters. The molecule has 0 N–H and O–H groups in total. The molecule has 0 saturated heterocycles. The maximum absolute atomic E-state index is 13.2. The van der Waals surface area contributed by atoms with Crippen LogP contribution in [0.25, 0.3) is 0 Å². The van der Waals surface area contributed by atoms with Gasteiger partial charge in [-0.1, -0.05) is 39.7 Å². The van der Waals surface area contributed by atoms with Gasteiger partial charge in [-0.2, -0.15) is 0 Å². The zero-order valence-electron chi connectivity index (χ0n) is 17.1. The van der Waals surface area contributed by atoms with Gasteiger partial charge >= 0.3 is 0 Å². The second kappa shape index (κ2) is 6.71. The van der Waals surface area contributed by atoms with Crippen molar-refractivity contribution in [2.45, 2.75) is 65.8 Å². The maximum Gasteiger partial charge on any atom is 0.254 e. The summed E-state index contributed by atoms with van der Waals surface area (Å²) in [6.07, 6.45) is 5.45. The summed E-state index contributed by atoms with van der Waals surface area (Å²) in [5.41, 5.74) is 3.37. The summed E-state index contributed by atoms with van der Waals surface area (Å²) >= 11 is 0. The number of nitrogens with zero attached hydrogens (tertiary/aromatic N) is 2. The van der Waals surface area contributed by atoms with E-state index in [1.54, 1.807) is 4.90 Å². The van der Waals surface area contributed by atoms with Gasteiger partial charge in [-0.25, -0.2) is 0 Å². The summed E-state index contributed by atoms with van der Waals surface area (Å²) in [5.74, 6) is 0.733. The summed E-state index contributed by atoms with van der Waals surface area (Å²) in [6.45, 7) is 8.24. The molecule has 1 aromatic rings. The Morgan fingerprint density at radius 1 is 1.23 bits per heavy atom. The predicted molar refractivity (Wildman–Crippen MR) is 106 cm³/mol. The Labute approximate surface area is 157 Å². The third-order valence-electron chi connectivity index (χ3n) is 6.42. The van der Waals surface area contributed by atoms with Gasteiger partial charge in [-0.05, 0) is 49.3 Å². The Morgan fingerprint density at radius 2 is 1.88 bits per heavy atom. The zero-order chi connectivity index (χ0) is 19.2. The first-order valence-corrected chi connectivity index (χ1v) is 9.82. The molecule has 4 nitrogen and oxygen atoms in total. The van der Waals surface area contributed by atoms with E-state index in [9.17, 15) is 9.59 Å². The number of rotatable bonds is 2. The topological polar surface area (TPSA) is 40.6 Å². The molecule has 0 bridgehead atoms. The molecule has 2 atom stereocenters. The Balaban J connectivity index is 1.94. The summed E-state index contributed by atoms with van der Waals surface area (Å²) in [7, 11) is 3.75. The highest BCUT2D eigenvalue weighted by atomic mass is 16.2. The molecule has 1 heterocycles. The van der Waals surface area contributed by atoms with Crippen LogP contribution < -0.4 is 4.90 Å². The fourth-order valence-electron chi connectivity index (χ4n) is 4.77. The second-order valence-electron chi connectivity index (χ2n) is 8.97. The first kappa shape index (κ1) is 18.9. The van der Waals surface area contributed by atoms with E-state index in [4.69, 9.17) is 0 Å². The van der Waals surface area contributed by atoms with Gasteiger partial charge in [0.05, 0.1) is 0 Å². The number of carbonyl (C=O) groups excluding carboxylic acids is 2. The van der Waals surface area contributed by atoms with Crippen molar-refractivity contribution in [1.82, 2.24) is 4.90 Å². The molecule has 1 saturated carbocycles. The van der Waals surface area contributed by atoms with E-state index in [2.05, 4.69) is 13.0 Å². The number of aryl methyl sites for hydroxylation is 1. The third kappa shape index (κ3) is 3.15. The summed E-state index contributed by atoms with van der Waals surface area (Å²) in [6, 6.07) is 4.35. The van der Waals surface area contributed by atoms with Crippen LogP contribution in [0, 0.1) is 18.3 Å². The van der Waals surface area contributed by atoms with Crippen LogP contribution in [0.2, 0.25) is 0 Å². The molecule has 1 aliphatic heterocycles. The zero-order valence-corrected chi connectivity index (χ0v) is 17.1. The second-order valence-corrected chi connectivity index (χ2v) is 8.97. The van der Waals surface area contributed by atoms with Crippen LogP contribution in [-0.4, -0.2) is 36.9 Å². The van der Waals surface area contributed by atoms with Gasteiger partial charge in [0, 0.05) is 36.8 Å². The third-order valence-corrected chi connectivity index (χ3v) is 6.42. The van der Waals surface area contributed by atoms with Crippen LogP contribution in [0.3, 0.4) is 0 Å². The normalized spacial score (nSPS) is 25.0. The van der Waals surface area contributed by atoms with Gasteiger partial charge in [-0.3, -0.25) is 9.59 Å². The van der Waals surface area contributed by atoms with Crippen molar-refractivity contribution in [2.75, 3.05) is 19.0 Å². The minimum absolute atomic E-state index is 0.0785. The first-order valence-electron chi connectivity index (χ1n) is 9.82. The van der Waals surface area contributed by atoms with Crippen LogP contribution in [0.5, 0.6) is 0 Å². The SMILES string of the molecule is Cc1cc2c(cc1C(=O)N(C)C1CCCCC1C)N(C)C(=O)C(C)(C)C2. The van der Waals surface area contributed by atoms with Gasteiger partial charge in [-0.15, -0.1) is 0 Å². The lowest BCUT2D eigenvalue weighted by molar-refractivity contribution is -0.126. The molecule has 1 fully saturated rings. The molecule has 2 aliphatic rings. The van der Waals surface area contributed by atoms with Crippen molar-refractivity contribution in [3.8, 4) is 0 Å². The van der Waals surface area contributed by atoms with E-state index in [-0.39, 0.29) is 11.8 Å². The molecule has 2 amide bonds. The van der Waals surface area contributed by atoms with E-state index in [0.717, 1.165) is 35.2 Å². The fraction of sp³-hybridized carbons (Fsp3) is 0.636. The highest BCUT2D eigenvalue weighted by molar-refractivity contribution is 6.03. The van der Waals surface area contributed by atoms with Gasteiger partial charge in [0.15, 0.2) is 0 Å². The largest absolute Gasteiger partial charge is 0.338 e. The van der Waals surface area contributed by atoms with Crippen molar-refractivity contribution in [1.29, 1.82) is 0 Å². The van der Waals surface area contributed by atoms with Crippen molar-refractivity contribution in [3.05, 3.63) is 28.8 Å². The molecule has 26 heavy (non-hydrogen) atoms. The lowest BCUT2D eigenvalue weighted by Crippen LogP contribution is -2.45. The molecule has 1 aromatic carbocycles. The minimum Gasteiger partial charge on any atom is -0.338 e. The Morgan fingerprint density at radius 3 is 2.54 bits per heavy atom. The predicted octanol–water partition coefficient (Wildman–Crippen LogP) is 4.19. The maximum atomic E-state index is 13.2. The Hall–Kier alpha value is -1.84. The number of hydrogen-bond donors (Lipinski definition) is 0. The lowest BCUT2D eigenvalue weighted by atomic mass is 9.79. The van der Waals surface area contributed by atoms with E-state index in [1.807, 2.05) is 45.8 Å². The molecule has 0 spiro atoms. The van der Waals surface area contributed by atoms with Crippen molar-refractivity contribution >= 4 is 17.5 Å². The first-order chi connectivity index (χ1) is 12.1. The van der Waals surface area contributed by atoms with Crippen LogP contribution in [0.15, 0.2) is 12.1 Å². The average molecular weight is 357 g/mol. The summed E-state index contributed by atoms with van der Waals surface area (Å²) in [4.78, 5) is 29.5. The summed E-state index contributed by atoms with van der Waals surface area (Å²) < 4.78 is 0. The fourth-order valence-corrected chi connectivity index (χ4v) is 4.77. The van der Waals surface area contributed by atoms with Gasteiger partial charge in [0.2, 0.25) is 5.91 Å².